The van der Waals surface area contributed by atoms with Gasteiger partial charge in [0.15, 0.2) is 17.4 Å². The number of halogens is 2. The molecule has 4 heteroatoms. The summed E-state index contributed by atoms with van der Waals surface area (Å²) >= 11 is 0. The van der Waals surface area contributed by atoms with Crippen molar-refractivity contribution < 1.29 is 13.6 Å². The Kier molecular flexibility index (Phi) is 3.24. The van der Waals surface area contributed by atoms with E-state index in [2.05, 4.69) is 0 Å². The van der Waals surface area contributed by atoms with Gasteiger partial charge in [-0.2, -0.15) is 0 Å². The van der Waals surface area contributed by atoms with E-state index in [4.69, 9.17) is 5.73 Å². The monoisotopic (exact) mass is 239 g/mol. The van der Waals surface area contributed by atoms with Crippen LogP contribution in [-0.4, -0.2) is 11.3 Å². The van der Waals surface area contributed by atoms with Crippen LogP contribution < -0.4 is 5.73 Å². The molecule has 1 aliphatic rings. The van der Waals surface area contributed by atoms with Crippen LogP contribution in [0.2, 0.25) is 0 Å². The second kappa shape index (κ2) is 4.53. The van der Waals surface area contributed by atoms with Gasteiger partial charge in [0.1, 0.15) is 0 Å². The van der Waals surface area contributed by atoms with Crippen LogP contribution in [0.5, 0.6) is 0 Å². The van der Waals surface area contributed by atoms with Crippen molar-refractivity contribution in [2.45, 2.75) is 37.6 Å². The van der Waals surface area contributed by atoms with Gasteiger partial charge in [0.05, 0.1) is 5.54 Å². The fourth-order valence-electron chi connectivity index (χ4n) is 2.33. The summed E-state index contributed by atoms with van der Waals surface area (Å²) in [7, 11) is 0. The van der Waals surface area contributed by atoms with Gasteiger partial charge in [-0.1, -0.05) is 19.3 Å². The smallest absolute Gasteiger partial charge is 0.182 e. The van der Waals surface area contributed by atoms with Crippen molar-refractivity contribution in [3.8, 4) is 0 Å². The van der Waals surface area contributed by atoms with Crippen molar-refractivity contribution >= 4 is 5.78 Å². The lowest BCUT2D eigenvalue weighted by molar-refractivity contribution is 0.0847. The molecule has 0 saturated heterocycles. The lowest BCUT2D eigenvalue weighted by atomic mass is 9.77. The average Bonchev–Trinajstić information content (AvgIpc) is 2.33. The van der Waals surface area contributed by atoms with Gasteiger partial charge < -0.3 is 5.73 Å². The highest BCUT2D eigenvalue weighted by Gasteiger charge is 2.35. The van der Waals surface area contributed by atoms with Crippen molar-refractivity contribution in [1.29, 1.82) is 0 Å². The summed E-state index contributed by atoms with van der Waals surface area (Å²) < 4.78 is 25.8. The lowest BCUT2D eigenvalue weighted by Crippen LogP contribution is -2.49. The highest BCUT2D eigenvalue weighted by Crippen LogP contribution is 2.29. The molecule has 0 aliphatic heterocycles. The molecule has 1 aromatic carbocycles. The van der Waals surface area contributed by atoms with E-state index in [1.807, 2.05) is 0 Å². The number of rotatable bonds is 2. The van der Waals surface area contributed by atoms with Crippen LogP contribution in [0.25, 0.3) is 0 Å². The number of benzene rings is 1. The van der Waals surface area contributed by atoms with E-state index >= 15 is 0 Å². The van der Waals surface area contributed by atoms with E-state index in [1.54, 1.807) is 0 Å². The number of nitrogens with two attached hydrogens (primary N) is 1. The molecule has 0 spiro atoms. The summed E-state index contributed by atoms with van der Waals surface area (Å²) in [6.45, 7) is 0. The number of carbonyl (C=O) groups is 1. The molecule has 0 bridgehead atoms. The summed E-state index contributed by atoms with van der Waals surface area (Å²) in [5, 5.41) is 0. The van der Waals surface area contributed by atoms with E-state index in [1.165, 1.54) is 6.07 Å². The number of hydrogen-bond donors (Lipinski definition) is 1. The molecule has 0 amide bonds. The first-order valence-corrected chi connectivity index (χ1v) is 5.82. The molecule has 0 radical (unpaired) electrons. The van der Waals surface area contributed by atoms with Crippen LogP contribution in [0.4, 0.5) is 8.78 Å². The molecule has 0 atom stereocenters. The maximum Gasteiger partial charge on any atom is 0.182 e. The first kappa shape index (κ1) is 12.2. The van der Waals surface area contributed by atoms with Gasteiger partial charge in [-0.15, -0.1) is 0 Å². The second-order valence-corrected chi connectivity index (χ2v) is 4.67. The molecule has 1 aromatic rings. The van der Waals surface area contributed by atoms with Crippen molar-refractivity contribution in [2.75, 3.05) is 0 Å². The number of carbonyl (C=O) groups excluding carboxylic acids is 1. The predicted octanol–water partition coefficient (Wildman–Crippen LogP) is 2.81. The van der Waals surface area contributed by atoms with E-state index in [-0.39, 0.29) is 11.3 Å². The Labute approximate surface area is 98.8 Å². The Bertz CT molecular complexity index is 439. The second-order valence-electron chi connectivity index (χ2n) is 4.67. The number of hydrogen-bond acceptors (Lipinski definition) is 2. The third kappa shape index (κ3) is 2.36. The summed E-state index contributed by atoms with van der Waals surface area (Å²) in [6, 6.07) is 3.19. The number of ketones is 1. The quantitative estimate of drug-likeness (QED) is 0.806. The Hall–Kier alpha value is -1.29. The van der Waals surface area contributed by atoms with Crippen LogP contribution in [0.15, 0.2) is 18.2 Å². The summed E-state index contributed by atoms with van der Waals surface area (Å²) in [6.07, 6.45) is 4.12. The van der Waals surface area contributed by atoms with E-state index in [9.17, 15) is 13.6 Å². The molecule has 1 saturated carbocycles. The van der Waals surface area contributed by atoms with Gasteiger partial charge in [0.25, 0.3) is 0 Å². The highest BCUT2D eigenvalue weighted by atomic mass is 19.2. The van der Waals surface area contributed by atoms with Gasteiger partial charge in [0, 0.05) is 5.56 Å². The molecule has 17 heavy (non-hydrogen) atoms. The number of Topliss-reactive ketones (excluding diaryl/α,β-unsaturated/α-hetero) is 1. The first-order chi connectivity index (χ1) is 8.03. The van der Waals surface area contributed by atoms with Crippen LogP contribution in [0.1, 0.15) is 42.5 Å². The summed E-state index contributed by atoms with van der Waals surface area (Å²) in [5.74, 6) is -2.23. The van der Waals surface area contributed by atoms with Crippen LogP contribution in [0, 0.1) is 11.6 Å². The van der Waals surface area contributed by atoms with Crippen LogP contribution in [0.3, 0.4) is 0 Å². The maximum atomic E-state index is 13.1. The molecule has 0 aromatic heterocycles. The van der Waals surface area contributed by atoms with Crippen molar-refractivity contribution in [3.05, 3.63) is 35.4 Å². The molecular formula is C13H15F2NO. The molecule has 2 N–H and O–H groups in total. The van der Waals surface area contributed by atoms with Gasteiger partial charge in [-0.05, 0) is 31.0 Å². The molecule has 2 rings (SSSR count). The highest BCUT2D eigenvalue weighted by molar-refractivity contribution is 6.03. The van der Waals surface area contributed by atoms with E-state index in [0.717, 1.165) is 31.4 Å². The summed E-state index contributed by atoms with van der Waals surface area (Å²) in [5.41, 5.74) is 5.32. The minimum absolute atomic E-state index is 0.160. The Morgan fingerprint density at radius 3 is 2.35 bits per heavy atom. The topological polar surface area (TPSA) is 43.1 Å². The minimum atomic E-state index is -1.00. The minimum Gasteiger partial charge on any atom is -0.319 e. The predicted molar refractivity (Wildman–Crippen MR) is 60.7 cm³/mol. The van der Waals surface area contributed by atoms with Crippen LogP contribution in [-0.2, 0) is 0 Å². The zero-order valence-corrected chi connectivity index (χ0v) is 9.51. The molecular weight excluding hydrogens is 224 g/mol. The largest absolute Gasteiger partial charge is 0.319 e. The molecule has 1 fully saturated rings. The van der Waals surface area contributed by atoms with E-state index in [0.29, 0.717) is 12.8 Å². The van der Waals surface area contributed by atoms with E-state index < -0.39 is 17.2 Å². The standard InChI is InChI=1S/C13H15F2NO/c14-10-5-4-9(8-11(10)15)12(17)13(16)6-2-1-3-7-13/h4-5,8H,1-3,6-7,16H2. The van der Waals surface area contributed by atoms with Gasteiger partial charge in [-0.3, -0.25) is 4.79 Å². The molecule has 2 nitrogen and oxygen atoms in total. The fourth-order valence-corrected chi connectivity index (χ4v) is 2.33. The van der Waals surface area contributed by atoms with Crippen LogP contribution >= 0.6 is 0 Å². The van der Waals surface area contributed by atoms with Crippen molar-refractivity contribution in [3.63, 3.8) is 0 Å². The van der Waals surface area contributed by atoms with Gasteiger partial charge >= 0.3 is 0 Å². The fraction of sp³-hybridized carbons (Fsp3) is 0.462. The summed E-state index contributed by atoms with van der Waals surface area (Å²) in [4.78, 5) is 12.2. The van der Waals surface area contributed by atoms with Crippen molar-refractivity contribution in [2.24, 2.45) is 5.73 Å². The zero-order valence-electron chi connectivity index (χ0n) is 9.51. The zero-order chi connectivity index (χ0) is 12.5. The third-order valence-corrected chi connectivity index (χ3v) is 3.38. The maximum absolute atomic E-state index is 13.1. The normalized spacial score (nSPS) is 19.0. The molecule has 1 aliphatic carbocycles. The first-order valence-electron chi connectivity index (χ1n) is 5.82. The lowest BCUT2D eigenvalue weighted by Gasteiger charge is -2.31. The Morgan fingerprint density at radius 1 is 1.12 bits per heavy atom. The van der Waals surface area contributed by atoms with Crippen molar-refractivity contribution in [1.82, 2.24) is 0 Å². The molecule has 0 unspecified atom stereocenters. The SMILES string of the molecule is NC1(C(=O)c2ccc(F)c(F)c2)CCCCC1. The Morgan fingerprint density at radius 2 is 1.76 bits per heavy atom. The Balaban J connectivity index is 2.26. The average molecular weight is 239 g/mol. The molecule has 92 valence electrons. The molecule has 0 heterocycles. The third-order valence-electron chi connectivity index (χ3n) is 3.38. The van der Waals surface area contributed by atoms with Gasteiger partial charge in [-0.25, -0.2) is 8.78 Å². The van der Waals surface area contributed by atoms with Gasteiger partial charge in [0.2, 0.25) is 0 Å².